The molecule has 0 spiro atoms. The highest BCUT2D eigenvalue weighted by Gasteiger charge is 2.32. The van der Waals surface area contributed by atoms with E-state index in [-0.39, 0.29) is 24.1 Å². The highest BCUT2D eigenvalue weighted by molar-refractivity contribution is 8.32. The van der Waals surface area contributed by atoms with Crippen LogP contribution in [0.1, 0.15) is 5.82 Å². The van der Waals surface area contributed by atoms with Crippen LogP contribution in [0.15, 0.2) is 58.8 Å². The van der Waals surface area contributed by atoms with Gasteiger partial charge < -0.3 is 13.9 Å². The summed E-state index contributed by atoms with van der Waals surface area (Å²) in [6, 6.07) is 8.67. The molecular weight excluding hydrogens is 564 g/mol. The number of rotatable bonds is 11. The number of hydrogen-bond acceptors (Lipinski definition) is 9. The Hall–Kier alpha value is -3.55. The fourth-order valence-corrected chi connectivity index (χ4v) is 5.66. The van der Waals surface area contributed by atoms with Gasteiger partial charge in [-0.05, 0) is 54.9 Å². The molecular formula is C25H29ClN6O5S2. The van der Waals surface area contributed by atoms with Crippen LogP contribution in [0.3, 0.4) is 0 Å². The molecule has 0 saturated heterocycles. The van der Waals surface area contributed by atoms with Crippen molar-refractivity contribution in [2.24, 2.45) is 0 Å². The van der Waals surface area contributed by atoms with E-state index in [1.807, 2.05) is 0 Å². The van der Waals surface area contributed by atoms with Crippen molar-refractivity contribution in [1.82, 2.24) is 24.7 Å². The van der Waals surface area contributed by atoms with E-state index in [4.69, 9.17) is 25.5 Å². The molecule has 0 fully saturated rings. The minimum Gasteiger partial charge on any atom is -0.494 e. The second kappa shape index (κ2) is 11.7. The predicted octanol–water partition coefficient (Wildman–Crippen LogP) is 4.49. The van der Waals surface area contributed by atoms with Gasteiger partial charge in [-0.25, -0.2) is 32.7 Å². The van der Waals surface area contributed by atoms with Gasteiger partial charge in [-0.15, -0.1) is 10.2 Å². The number of methoxy groups -OCH3 is 2. The minimum absolute atomic E-state index is 0.0366. The summed E-state index contributed by atoms with van der Waals surface area (Å²) >= 11 is 5.87. The van der Waals surface area contributed by atoms with Gasteiger partial charge in [0, 0.05) is 18.9 Å². The molecule has 0 bridgehead atoms. The second-order valence-electron chi connectivity index (χ2n) is 9.12. The van der Waals surface area contributed by atoms with Crippen molar-refractivity contribution in [3.8, 4) is 28.8 Å². The van der Waals surface area contributed by atoms with Crippen LogP contribution in [0, 0.1) is 0 Å². The van der Waals surface area contributed by atoms with E-state index in [0.717, 1.165) is 5.41 Å². The van der Waals surface area contributed by atoms with Gasteiger partial charge in [-0.1, -0.05) is 17.7 Å². The number of halogens is 1. The van der Waals surface area contributed by atoms with E-state index in [0.29, 0.717) is 33.7 Å². The van der Waals surface area contributed by atoms with Gasteiger partial charge in [0.05, 0.1) is 30.9 Å². The lowest BCUT2D eigenvalue weighted by Crippen LogP contribution is -2.35. The maximum Gasteiger partial charge on any atom is 0.259 e. The van der Waals surface area contributed by atoms with Gasteiger partial charge in [0.1, 0.15) is 17.2 Å². The summed E-state index contributed by atoms with van der Waals surface area (Å²) < 4.78 is 47.4. The van der Waals surface area contributed by atoms with Gasteiger partial charge in [-0.2, -0.15) is 0 Å². The number of furan rings is 1. The number of hydrogen-bond donors (Lipinski definition) is 0. The van der Waals surface area contributed by atoms with Crippen LogP contribution in [-0.4, -0.2) is 78.4 Å². The van der Waals surface area contributed by atoms with Crippen molar-refractivity contribution < 1.29 is 22.3 Å². The molecule has 4 rings (SSSR count). The zero-order valence-corrected chi connectivity index (χ0v) is 24.5. The molecule has 208 valence electrons. The lowest BCUT2D eigenvalue weighted by atomic mass is 10.2. The molecule has 0 aliphatic rings. The zero-order valence-electron chi connectivity index (χ0n) is 22.1. The molecule has 0 amide bonds. The van der Waals surface area contributed by atoms with Gasteiger partial charge >= 0.3 is 0 Å². The molecule has 0 aliphatic heterocycles. The molecule has 0 saturated carbocycles. The van der Waals surface area contributed by atoms with Crippen LogP contribution >= 0.6 is 21.6 Å². The van der Waals surface area contributed by atoms with Crippen molar-refractivity contribution in [1.29, 1.82) is 0 Å². The summed E-state index contributed by atoms with van der Waals surface area (Å²) in [7, 11) is -2.18. The molecule has 3 heterocycles. The van der Waals surface area contributed by atoms with Crippen molar-refractivity contribution in [2.45, 2.75) is 0 Å². The number of anilines is 1. The van der Waals surface area contributed by atoms with E-state index in [1.54, 1.807) is 34.9 Å². The second-order valence-corrected chi connectivity index (χ2v) is 15.9. The van der Waals surface area contributed by atoms with Gasteiger partial charge in [0.25, 0.3) is 10.0 Å². The zero-order chi connectivity index (χ0) is 28.2. The summed E-state index contributed by atoms with van der Waals surface area (Å²) in [5, 5.41) is 10.1. The first-order valence-electron chi connectivity index (χ1n) is 11.6. The smallest absolute Gasteiger partial charge is 0.259 e. The van der Waals surface area contributed by atoms with Crippen LogP contribution in [0.5, 0.6) is 11.5 Å². The van der Waals surface area contributed by atoms with E-state index in [1.165, 1.54) is 43.3 Å². The first kappa shape index (κ1) is 28.5. The first-order chi connectivity index (χ1) is 18.5. The molecule has 0 atom stereocenters. The Morgan fingerprint density at radius 1 is 1.03 bits per heavy atom. The molecule has 3 aromatic heterocycles. The quantitative estimate of drug-likeness (QED) is 0.247. The third-order valence-corrected chi connectivity index (χ3v) is 8.52. The molecule has 0 aliphatic carbocycles. The van der Waals surface area contributed by atoms with Crippen LogP contribution in [0.2, 0.25) is 5.02 Å². The molecule has 11 nitrogen and oxygen atoms in total. The van der Waals surface area contributed by atoms with E-state index >= 15 is 0 Å². The highest BCUT2D eigenvalue weighted by atomic mass is 35.5. The van der Waals surface area contributed by atoms with Gasteiger partial charge in [0.2, 0.25) is 11.8 Å². The molecule has 4 aromatic rings. The third kappa shape index (κ3) is 6.54. The number of benzene rings is 1. The predicted molar refractivity (Wildman–Crippen MR) is 155 cm³/mol. The van der Waals surface area contributed by atoms with E-state index in [2.05, 4.69) is 38.9 Å². The average Bonchev–Trinajstić information content (AvgIpc) is 3.57. The Labute approximate surface area is 233 Å². The van der Waals surface area contributed by atoms with Crippen LogP contribution < -0.4 is 13.8 Å². The Bertz CT molecular complexity index is 1530. The topological polar surface area (TPSA) is 125 Å². The summed E-state index contributed by atoms with van der Waals surface area (Å²) in [6.45, 7) is 0.140. The third-order valence-electron chi connectivity index (χ3n) is 5.48. The fourth-order valence-electron chi connectivity index (χ4n) is 3.59. The molecule has 1 aromatic carbocycles. The average molecular weight is 593 g/mol. The summed E-state index contributed by atoms with van der Waals surface area (Å²) in [5.41, 5.74) is 0.419. The number of nitrogens with zero attached hydrogens (tertiary/aromatic N) is 6. The lowest BCUT2D eigenvalue weighted by Gasteiger charge is -2.30. The van der Waals surface area contributed by atoms with E-state index in [9.17, 15) is 8.42 Å². The Morgan fingerprint density at radius 3 is 2.26 bits per heavy atom. The molecule has 0 radical (unpaired) electrons. The van der Waals surface area contributed by atoms with Crippen molar-refractivity contribution in [2.75, 3.05) is 49.6 Å². The fraction of sp³-hybridized carbons (Fsp3) is 0.280. The van der Waals surface area contributed by atoms with Gasteiger partial charge in [-0.3, -0.25) is 4.57 Å². The van der Waals surface area contributed by atoms with E-state index < -0.39 is 20.1 Å². The minimum atomic E-state index is -4.11. The Kier molecular flexibility index (Phi) is 8.52. The normalized spacial score (nSPS) is 12.6. The SMILES string of the molecule is COc1cccc(OC)c1-n1c(-c2ccco2)nnc1N(CCS(C)(C)C)S(=O)(=O)/C=C/c1ncc(Cl)cn1. The van der Waals surface area contributed by atoms with Crippen LogP contribution in [0.4, 0.5) is 5.95 Å². The summed E-state index contributed by atoms with van der Waals surface area (Å²) in [5.74, 6) is 2.32. The Morgan fingerprint density at radius 2 is 1.69 bits per heavy atom. The molecule has 0 N–H and O–H groups in total. The standard InChI is InChI=1S/C25H29ClN6O5S2/c1-35-19-8-6-9-20(36-2)23(19)32-24(21-10-7-13-37-21)29-30-25(32)31(12-15-38(3,4)5)39(33,34)14-11-22-27-16-18(26)17-28-22/h6-11,13-14,16-17H,12,15H2,1-5H3/b14-11+. The maximum absolute atomic E-state index is 13.9. The first-order valence-corrected chi connectivity index (χ1v) is 16.5. The van der Waals surface area contributed by atoms with Gasteiger partial charge in [0.15, 0.2) is 11.6 Å². The number of aromatic nitrogens is 5. The van der Waals surface area contributed by atoms with Crippen molar-refractivity contribution in [3.05, 3.63) is 65.2 Å². The summed E-state index contributed by atoms with van der Waals surface area (Å²) in [4.78, 5) is 8.12. The largest absolute Gasteiger partial charge is 0.494 e. The Balaban J connectivity index is 1.94. The van der Waals surface area contributed by atoms with Crippen molar-refractivity contribution in [3.63, 3.8) is 0 Å². The molecule has 14 heteroatoms. The van der Waals surface area contributed by atoms with Crippen molar-refractivity contribution >= 4 is 43.7 Å². The monoisotopic (exact) mass is 592 g/mol. The molecule has 39 heavy (non-hydrogen) atoms. The maximum atomic E-state index is 13.9. The highest BCUT2D eigenvalue weighted by Crippen LogP contribution is 2.40. The number of ether oxygens (including phenoxy) is 2. The van der Waals surface area contributed by atoms with Crippen LogP contribution in [-0.2, 0) is 10.0 Å². The van der Waals surface area contributed by atoms with Crippen LogP contribution in [0.25, 0.3) is 23.3 Å². The number of sulfonamides is 1. The lowest BCUT2D eigenvalue weighted by molar-refractivity contribution is 0.391. The number of para-hydroxylation sites is 1. The molecule has 0 unspecified atom stereocenters. The summed E-state index contributed by atoms with van der Waals surface area (Å²) in [6.07, 6.45) is 11.9.